The van der Waals surface area contributed by atoms with Crippen molar-refractivity contribution >= 4 is 20.0 Å². The molecule has 3 aromatic carbocycles. The summed E-state index contributed by atoms with van der Waals surface area (Å²) in [6.45, 7) is 0. The summed E-state index contributed by atoms with van der Waals surface area (Å²) in [4.78, 5) is 28.4. The lowest BCUT2D eigenvalue weighted by atomic mass is 9.83. The Labute approximate surface area is 199 Å². The van der Waals surface area contributed by atoms with Crippen LogP contribution in [0, 0.1) is 0 Å². The molecule has 0 saturated carbocycles. The van der Waals surface area contributed by atoms with Gasteiger partial charge in [0.15, 0.2) is 25.2 Å². The van der Waals surface area contributed by atoms with Crippen molar-refractivity contribution < 1.29 is 33.1 Å². The van der Waals surface area contributed by atoms with Crippen LogP contribution in [0.15, 0.2) is 66.7 Å². The summed E-state index contributed by atoms with van der Waals surface area (Å²) in [7, 11) is 4.93. The van der Waals surface area contributed by atoms with Crippen LogP contribution in [0.25, 0.3) is 0 Å². The van der Waals surface area contributed by atoms with Crippen molar-refractivity contribution in [3.63, 3.8) is 0 Å². The van der Waals surface area contributed by atoms with E-state index in [2.05, 4.69) is 0 Å². The van der Waals surface area contributed by atoms with E-state index in [-0.39, 0.29) is 40.5 Å². The van der Waals surface area contributed by atoms with Crippen LogP contribution in [0.4, 0.5) is 0 Å². The summed E-state index contributed by atoms with van der Waals surface area (Å²) in [5.41, 5.74) is 0.693. The molecule has 0 heterocycles. The molecule has 176 valence electrons. The SMILES string of the molecule is COc1cccc(OC)c1C(=O)C(Cc1ccccc1)(P=O)C(=O)c1c(OC)cccc1OC. The molecule has 7 nitrogen and oxygen atoms in total. The van der Waals surface area contributed by atoms with Crippen molar-refractivity contribution in [3.8, 4) is 23.0 Å². The second-order valence-electron chi connectivity index (χ2n) is 7.35. The molecule has 0 N–H and O–H groups in total. The van der Waals surface area contributed by atoms with Gasteiger partial charge in [0.25, 0.3) is 0 Å². The van der Waals surface area contributed by atoms with Crippen LogP contribution in [-0.4, -0.2) is 45.2 Å². The third-order valence-electron chi connectivity index (χ3n) is 5.52. The topological polar surface area (TPSA) is 88.1 Å². The Hall–Kier alpha value is -3.70. The van der Waals surface area contributed by atoms with E-state index in [0.29, 0.717) is 5.56 Å². The number of hydrogen-bond donors (Lipinski definition) is 0. The largest absolute Gasteiger partial charge is 0.496 e. The van der Waals surface area contributed by atoms with E-state index < -0.39 is 25.2 Å². The van der Waals surface area contributed by atoms with E-state index in [4.69, 9.17) is 18.9 Å². The van der Waals surface area contributed by atoms with Crippen LogP contribution < -0.4 is 18.9 Å². The lowest BCUT2D eigenvalue weighted by Gasteiger charge is -2.27. The van der Waals surface area contributed by atoms with Crippen molar-refractivity contribution in [1.29, 1.82) is 0 Å². The smallest absolute Gasteiger partial charge is 0.196 e. The van der Waals surface area contributed by atoms with Crippen LogP contribution in [0.5, 0.6) is 23.0 Å². The van der Waals surface area contributed by atoms with Crippen LogP contribution in [0.3, 0.4) is 0 Å². The van der Waals surface area contributed by atoms with Crippen molar-refractivity contribution in [2.75, 3.05) is 28.4 Å². The van der Waals surface area contributed by atoms with Gasteiger partial charge in [-0.2, -0.15) is 0 Å². The first-order valence-electron chi connectivity index (χ1n) is 10.4. The van der Waals surface area contributed by atoms with Crippen molar-refractivity contribution in [2.24, 2.45) is 0 Å². The molecule has 3 rings (SSSR count). The monoisotopic (exact) mass is 480 g/mol. The molecule has 0 bridgehead atoms. The number of rotatable bonds is 11. The lowest BCUT2D eigenvalue weighted by Crippen LogP contribution is -2.44. The third-order valence-corrected chi connectivity index (χ3v) is 6.40. The summed E-state index contributed by atoms with van der Waals surface area (Å²) < 4.78 is 34.6. The maximum absolute atomic E-state index is 14.2. The van der Waals surface area contributed by atoms with Crippen LogP contribution in [0.2, 0.25) is 0 Å². The van der Waals surface area contributed by atoms with Gasteiger partial charge in [0, 0.05) is 6.42 Å². The van der Waals surface area contributed by atoms with Gasteiger partial charge in [-0.05, 0) is 29.8 Å². The average Bonchev–Trinajstić information content (AvgIpc) is 2.90. The number of hydrogen-bond acceptors (Lipinski definition) is 7. The van der Waals surface area contributed by atoms with E-state index in [1.54, 1.807) is 60.7 Å². The summed E-state index contributed by atoms with van der Waals surface area (Å²) in [5, 5.41) is -2.05. The zero-order valence-electron chi connectivity index (χ0n) is 19.4. The molecule has 0 spiro atoms. The van der Waals surface area contributed by atoms with Gasteiger partial charge in [-0.3, -0.25) is 14.2 Å². The Kier molecular flexibility index (Phi) is 8.03. The van der Waals surface area contributed by atoms with Crippen molar-refractivity contribution in [3.05, 3.63) is 83.4 Å². The molecule has 0 fully saturated rings. The lowest BCUT2D eigenvalue weighted by molar-refractivity contribution is 0.0826. The maximum atomic E-state index is 14.2. The minimum absolute atomic E-state index is 0.0222. The van der Waals surface area contributed by atoms with E-state index in [1.807, 2.05) is 6.07 Å². The molecule has 0 atom stereocenters. The van der Waals surface area contributed by atoms with Gasteiger partial charge in [-0.15, -0.1) is 0 Å². The van der Waals surface area contributed by atoms with Crippen molar-refractivity contribution in [1.82, 2.24) is 0 Å². The van der Waals surface area contributed by atoms with Crippen LogP contribution in [-0.2, 0) is 11.0 Å². The van der Waals surface area contributed by atoms with Crippen LogP contribution in [0.1, 0.15) is 26.3 Å². The predicted molar refractivity (Wildman–Crippen MR) is 128 cm³/mol. The number of carbonyl (C=O) groups is 2. The van der Waals surface area contributed by atoms with Gasteiger partial charge in [0.1, 0.15) is 34.1 Å². The van der Waals surface area contributed by atoms with E-state index >= 15 is 0 Å². The highest BCUT2D eigenvalue weighted by Crippen LogP contribution is 2.43. The van der Waals surface area contributed by atoms with Crippen molar-refractivity contribution in [2.45, 2.75) is 11.6 Å². The quantitative estimate of drug-likeness (QED) is 0.215. The van der Waals surface area contributed by atoms with Crippen LogP contribution >= 0.6 is 8.46 Å². The molecule has 0 aliphatic heterocycles. The Morgan fingerprint density at radius 3 is 1.35 bits per heavy atom. The molecule has 0 aliphatic rings. The number of carbonyl (C=O) groups excluding carboxylic acids is 2. The zero-order chi connectivity index (χ0) is 24.7. The Morgan fingerprint density at radius 1 is 0.647 bits per heavy atom. The molecular weight excluding hydrogens is 455 g/mol. The molecule has 0 aliphatic carbocycles. The molecule has 0 unspecified atom stereocenters. The molecule has 0 saturated heterocycles. The molecular formula is C26H25O7P. The fourth-order valence-electron chi connectivity index (χ4n) is 3.83. The van der Waals surface area contributed by atoms with Gasteiger partial charge < -0.3 is 18.9 Å². The normalized spacial score (nSPS) is 11.1. The highest BCUT2D eigenvalue weighted by atomic mass is 31.1. The summed E-state index contributed by atoms with van der Waals surface area (Å²) in [5.74, 6) is -0.619. The molecule has 8 heteroatoms. The fraction of sp³-hybridized carbons (Fsp3) is 0.231. The standard InChI is InChI=1S/C26H25O7P/c1-30-18-12-8-13-19(31-2)22(18)24(27)26(34-29,16-17-10-6-5-7-11-17)25(28)23-20(32-3)14-9-15-21(23)33-4/h5-15H,16H2,1-4H3. The fourth-order valence-corrected chi connectivity index (χ4v) is 4.47. The Bertz CT molecular complexity index is 1080. The maximum Gasteiger partial charge on any atom is 0.196 e. The number of ketones is 2. The number of ether oxygens (including phenoxy) is 4. The summed E-state index contributed by atoms with van der Waals surface area (Å²) in [6.07, 6.45) is -0.140. The van der Waals surface area contributed by atoms with Gasteiger partial charge in [-0.1, -0.05) is 42.5 Å². The first kappa shape index (κ1) is 24.9. The van der Waals surface area contributed by atoms with Gasteiger partial charge in [0.2, 0.25) is 0 Å². The second-order valence-corrected chi connectivity index (χ2v) is 8.29. The second kappa shape index (κ2) is 10.9. The average molecular weight is 480 g/mol. The Balaban J connectivity index is 2.32. The predicted octanol–water partition coefficient (Wildman–Crippen LogP) is 5.06. The summed E-state index contributed by atoms with van der Waals surface area (Å²) in [6, 6.07) is 18.6. The first-order valence-corrected chi connectivity index (χ1v) is 11.2. The molecule has 0 aromatic heterocycles. The third kappa shape index (κ3) is 4.52. The molecule has 0 radical (unpaired) electrons. The van der Waals surface area contributed by atoms with Gasteiger partial charge in [0.05, 0.1) is 28.4 Å². The minimum Gasteiger partial charge on any atom is -0.496 e. The van der Waals surface area contributed by atoms with Gasteiger partial charge >= 0.3 is 0 Å². The molecule has 3 aromatic rings. The van der Waals surface area contributed by atoms with Gasteiger partial charge in [-0.25, -0.2) is 0 Å². The van der Waals surface area contributed by atoms with E-state index in [1.165, 1.54) is 28.4 Å². The molecule has 0 amide bonds. The number of Topliss-reactive ketones (excluding diaryl/α,β-unsaturated/α-hetero) is 2. The summed E-state index contributed by atoms with van der Waals surface area (Å²) >= 11 is 0. The highest BCUT2D eigenvalue weighted by Gasteiger charge is 2.51. The molecule has 34 heavy (non-hydrogen) atoms. The number of benzene rings is 3. The highest BCUT2D eigenvalue weighted by molar-refractivity contribution is 7.30. The zero-order valence-corrected chi connectivity index (χ0v) is 20.3. The number of methoxy groups -OCH3 is 4. The minimum atomic E-state index is -2.05. The van der Waals surface area contributed by atoms with E-state index in [0.717, 1.165) is 0 Å². The van der Waals surface area contributed by atoms with E-state index in [9.17, 15) is 14.2 Å². The first-order chi connectivity index (χ1) is 16.5. The Morgan fingerprint density at radius 2 is 1.03 bits per heavy atom.